The fourth-order valence-electron chi connectivity index (χ4n) is 3.37. The maximum atomic E-state index is 12.9. The van der Waals surface area contributed by atoms with E-state index in [4.69, 9.17) is 0 Å². The number of hydrogen-bond acceptors (Lipinski definition) is 7. The number of hydrogen-bond donors (Lipinski definition) is 7. The first-order valence-electron chi connectivity index (χ1n) is 10.5. The zero-order valence-electron chi connectivity index (χ0n) is 18.4. The highest BCUT2D eigenvalue weighted by atomic mass is 16.3. The summed E-state index contributed by atoms with van der Waals surface area (Å²) in [5.41, 5.74) is 2.18. The van der Waals surface area contributed by atoms with Crippen LogP contribution in [0, 0.1) is 6.92 Å². The second-order valence-electron chi connectivity index (χ2n) is 7.92. The lowest BCUT2D eigenvalue weighted by molar-refractivity contribution is -0.122. The van der Waals surface area contributed by atoms with E-state index >= 15 is 0 Å². The Hall–Kier alpha value is -4.40. The molecule has 0 heterocycles. The Kier molecular flexibility index (Phi) is 7.47. The summed E-state index contributed by atoms with van der Waals surface area (Å²) in [5.74, 6) is -2.44. The maximum Gasteiger partial charge on any atom is 0.252 e. The summed E-state index contributed by atoms with van der Waals surface area (Å²) >= 11 is 0. The third-order valence-corrected chi connectivity index (χ3v) is 5.31. The summed E-state index contributed by atoms with van der Waals surface area (Å²) in [6.45, 7) is 2.05. The van der Waals surface area contributed by atoms with Gasteiger partial charge < -0.3 is 36.2 Å². The molecule has 1 atom stereocenters. The van der Waals surface area contributed by atoms with Crippen molar-refractivity contribution in [2.24, 2.45) is 0 Å². The van der Waals surface area contributed by atoms with Crippen molar-refractivity contribution in [3.8, 4) is 28.7 Å². The van der Waals surface area contributed by atoms with E-state index in [1.165, 1.54) is 24.3 Å². The molecule has 9 heteroatoms. The van der Waals surface area contributed by atoms with E-state index in [1.807, 2.05) is 6.07 Å². The van der Waals surface area contributed by atoms with Gasteiger partial charge in [-0.15, -0.1) is 0 Å². The molecule has 0 aliphatic carbocycles. The van der Waals surface area contributed by atoms with Crippen molar-refractivity contribution in [2.75, 3.05) is 6.54 Å². The first kappa shape index (κ1) is 24.2. The Balaban J connectivity index is 1.73. The highest BCUT2D eigenvalue weighted by molar-refractivity contribution is 5.98. The first-order chi connectivity index (χ1) is 16.1. The standard InChI is InChI=1S/C25H26N2O7/c1-14-10-15(2-5-19(14)28)8-9-26-25(34)18(11-16-3-6-20(29)22(31)12-16)27-24(33)17-4-7-21(30)23(32)13-17/h2-7,10,12-13,18,28-32H,8-9,11H2,1H3,(H,26,34)(H,27,33)/t18-/m0/s1. The molecule has 0 radical (unpaired) electrons. The molecule has 3 aromatic carbocycles. The summed E-state index contributed by atoms with van der Waals surface area (Å²) in [6.07, 6.45) is 0.521. The van der Waals surface area contributed by atoms with Crippen LogP contribution in [0.25, 0.3) is 0 Å². The van der Waals surface area contributed by atoms with Gasteiger partial charge in [-0.05, 0) is 66.4 Å². The first-order valence-corrected chi connectivity index (χ1v) is 10.5. The fourth-order valence-corrected chi connectivity index (χ4v) is 3.37. The van der Waals surface area contributed by atoms with Gasteiger partial charge in [0.25, 0.3) is 5.91 Å². The van der Waals surface area contributed by atoms with Crippen LogP contribution in [0.15, 0.2) is 54.6 Å². The molecule has 34 heavy (non-hydrogen) atoms. The van der Waals surface area contributed by atoms with Crippen LogP contribution in [0.4, 0.5) is 0 Å². The van der Waals surface area contributed by atoms with E-state index in [0.717, 1.165) is 23.3 Å². The molecule has 0 bridgehead atoms. The number of phenolic OH excluding ortho intramolecular Hbond substituents is 5. The van der Waals surface area contributed by atoms with Crippen LogP contribution in [0.2, 0.25) is 0 Å². The minimum absolute atomic E-state index is 0.0216. The molecule has 0 aliphatic rings. The van der Waals surface area contributed by atoms with Crippen molar-refractivity contribution in [3.63, 3.8) is 0 Å². The summed E-state index contributed by atoms with van der Waals surface area (Å²) in [7, 11) is 0. The van der Waals surface area contributed by atoms with Crippen molar-refractivity contribution < 1.29 is 35.1 Å². The molecule has 3 rings (SSSR count). The predicted molar refractivity (Wildman–Crippen MR) is 124 cm³/mol. The summed E-state index contributed by atoms with van der Waals surface area (Å²) in [6, 6.07) is 11.8. The van der Waals surface area contributed by atoms with Crippen LogP contribution in [0.3, 0.4) is 0 Å². The molecule has 0 spiro atoms. The smallest absolute Gasteiger partial charge is 0.252 e. The molecule has 7 N–H and O–H groups in total. The van der Waals surface area contributed by atoms with E-state index < -0.39 is 23.6 Å². The summed E-state index contributed by atoms with van der Waals surface area (Å²) in [5, 5.41) is 53.5. The highest BCUT2D eigenvalue weighted by Gasteiger charge is 2.23. The monoisotopic (exact) mass is 466 g/mol. The average molecular weight is 466 g/mol. The number of carbonyl (C=O) groups excluding carboxylic acids is 2. The van der Waals surface area contributed by atoms with E-state index in [2.05, 4.69) is 10.6 Å². The SMILES string of the molecule is Cc1cc(CCNC(=O)[C@H](Cc2ccc(O)c(O)c2)NC(=O)c2ccc(O)c(O)c2)ccc1O. The Morgan fingerprint density at radius 2 is 1.38 bits per heavy atom. The van der Waals surface area contributed by atoms with Gasteiger partial charge in [0.15, 0.2) is 23.0 Å². The number of nitrogens with one attached hydrogen (secondary N) is 2. The van der Waals surface area contributed by atoms with Gasteiger partial charge in [-0.3, -0.25) is 9.59 Å². The molecule has 0 saturated heterocycles. The second kappa shape index (κ2) is 10.5. The van der Waals surface area contributed by atoms with Crippen molar-refractivity contribution in [1.29, 1.82) is 0 Å². The number of aryl methyl sites for hydroxylation is 1. The molecule has 2 amide bonds. The summed E-state index contributed by atoms with van der Waals surface area (Å²) in [4.78, 5) is 25.6. The molecule has 0 unspecified atom stereocenters. The normalized spacial score (nSPS) is 11.6. The topological polar surface area (TPSA) is 159 Å². The van der Waals surface area contributed by atoms with Crippen LogP contribution < -0.4 is 10.6 Å². The average Bonchev–Trinajstić information content (AvgIpc) is 2.79. The van der Waals surface area contributed by atoms with Gasteiger partial charge in [-0.25, -0.2) is 0 Å². The second-order valence-corrected chi connectivity index (χ2v) is 7.92. The quantitative estimate of drug-likeness (QED) is 0.251. The van der Waals surface area contributed by atoms with Gasteiger partial charge >= 0.3 is 0 Å². The third kappa shape index (κ3) is 6.10. The van der Waals surface area contributed by atoms with E-state index in [9.17, 15) is 35.1 Å². The Morgan fingerprint density at radius 3 is 2.03 bits per heavy atom. The molecule has 9 nitrogen and oxygen atoms in total. The van der Waals surface area contributed by atoms with Crippen LogP contribution in [0.5, 0.6) is 28.7 Å². The van der Waals surface area contributed by atoms with E-state index in [-0.39, 0.29) is 41.5 Å². The summed E-state index contributed by atoms with van der Waals surface area (Å²) < 4.78 is 0. The van der Waals surface area contributed by atoms with Crippen molar-refractivity contribution in [2.45, 2.75) is 25.8 Å². The van der Waals surface area contributed by atoms with Gasteiger partial charge in [0, 0.05) is 18.5 Å². The van der Waals surface area contributed by atoms with Crippen LogP contribution in [-0.4, -0.2) is 49.9 Å². The van der Waals surface area contributed by atoms with Gasteiger partial charge in [-0.1, -0.05) is 18.2 Å². The minimum Gasteiger partial charge on any atom is -0.508 e. The predicted octanol–water partition coefficient (Wildman–Crippen LogP) is 2.22. The van der Waals surface area contributed by atoms with Crippen LogP contribution >= 0.6 is 0 Å². The highest BCUT2D eigenvalue weighted by Crippen LogP contribution is 2.26. The Bertz CT molecular complexity index is 1210. The number of phenols is 5. The zero-order chi connectivity index (χ0) is 24.8. The lowest BCUT2D eigenvalue weighted by Gasteiger charge is -2.19. The fraction of sp³-hybridized carbons (Fsp3) is 0.200. The number of amides is 2. The van der Waals surface area contributed by atoms with Crippen molar-refractivity contribution >= 4 is 11.8 Å². The van der Waals surface area contributed by atoms with E-state index in [0.29, 0.717) is 12.0 Å². The molecule has 0 saturated carbocycles. The number of aromatic hydroxyl groups is 5. The lowest BCUT2D eigenvalue weighted by atomic mass is 10.0. The number of benzene rings is 3. The van der Waals surface area contributed by atoms with Gasteiger partial charge in [0.1, 0.15) is 11.8 Å². The molecule has 0 aliphatic heterocycles. The lowest BCUT2D eigenvalue weighted by Crippen LogP contribution is -2.48. The Labute approximate surface area is 195 Å². The maximum absolute atomic E-state index is 12.9. The van der Waals surface area contributed by atoms with Gasteiger partial charge in [0.2, 0.25) is 5.91 Å². The zero-order valence-corrected chi connectivity index (χ0v) is 18.4. The van der Waals surface area contributed by atoms with Crippen LogP contribution in [-0.2, 0) is 17.6 Å². The number of carbonyl (C=O) groups is 2. The van der Waals surface area contributed by atoms with Gasteiger partial charge in [-0.2, -0.15) is 0 Å². The molecular formula is C25H26N2O7. The van der Waals surface area contributed by atoms with E-state index in [1.54, 1.807) is 19.1 Å². The molecular weight excluding hydrogens is 440 g/mol. The molecule has 0 fully saturated rings. The molecule has 178 valence electrons. The molecule has 0 aromatic heterocycles. The number of rotatable bonds is 8. The van der Waals surface area contributed by atoms with Gasteiger partial charge in [0.05, 0.1) is 0 Å². The largest absolute Gasteiger partial charge is 0.508 e. The van der Waals surface area contributed by atoms with Crippen molar-refractivity contribution in [1.82, 2.24) is 10.6 Å². The van der Waals surface area contributed by atoms with Crippen molar-refractivity contribution in [3.05, 3.63) is 76.9 Å². The third-order valence-electron chi connectivity index (χ3n) is 5.31. The minimum atomic E-state index is -1.03. The molecule has 3 aromatic rings. The Morgan fingerprint density at radius 1 is 0.765 bits per heavy atom. The van der Waals surface area contributed by atoms with Crippen LogP contribution in [0.1, 0.15) is 27.0 Å².